The molecule has 0 saturated heterocycles. The number of nitrogens with one attached hydrogen (secondary N) is 6. The molecule has 6 N–H and O–H groups in total. The molecule has 13 nitrogen and oxygen atoms in total. The lowest BCUT2D eigenvalue weighted by Crippen LogP contribution is -2.34. The molecule has 0 rings (SSSR count). The van der Waals surface area contributed by atoms with Crippen LogP contribution in [0.1, 0.15) is 284 Å². The summed E-state index contributed by atoms with van der Waals surface area (Å²) >= 11 is 5.23. The Balaban J connectivity index is 4.41. The number of carbonyl (C=O) groups is 3. The zero-order chi connectivity index (χ0) is 59.0. The van der Waals surface area contributed by atoms with E-state index in [0.717, 1.165) is 144 Å². The van der Waals surface area contributed by atoms with Crippen molar-refractivity contribution >= 4 is 70.7 Å². The Labute approximate surface area is 511 Å². The second-order valence-electron chi connectivity index (χ2n) is 22.4. The third-order valence-corrected chi connectivity index (χ3v) is 17.7. The smallest absolute Gasteiger partial charge is 0.306 e. The molecule has 81 heavy (non-hydrogen) atoms. The van der Waals surface area contributed by atoms with Gasteiger partial charge in [0, 0.05) is 61.9 Å². The van der Waals surface area contributed by atoms with Crippen molar-refractivity contribution in [3.05, 3.63) is 0 Å². The summed E-state index contributed by atoms with van der Waals surface area (Å²) in [6.07, 6.45) is 45.9. The summed E-state index contributed by atoms with van der Waals surface area (Å²) < 4.78 is 16.4. The number of thioether (sulfide) groups is 3. The lowest BCUT2D eigenvalue weighted by molar-refractivity contribution is -0.144. The van der Waals surface area contributed by atoms with Crippen molar-refractivity contribution in [3.8, 4) is 0 Å². The fourth-order valence-corrected chi connectivity index (χ4v) is 12.0. The fraction of sp³-hybridized carbons (Fsp3) is 0.908. The van der Waals surface area contributed by atoms with Crippen LogP contribution in [0.4, 0.5) is 0 Å². The summed E-state index contributed by atoms with van der Waals surface area (Å²) in [4.78, 5) is 39.0. The Bertz CT molecular complexity index is 1380. The first-order valence-electron chi connectivity index (χ1n) is 33.6. The second-order valence-corrected chi connectivity index (χ2v) is 26.0. The van der Waals surface area contributed by atoms with Crippen molar-refractivity contribution in [2.24, 2.45) is 0 Å². The van der Waals surface area contributed by atoms with Gasteiger partial charge in [0.2, 0.25) is 0 Å². The SMILES string of the molecule is CCCCCCCCCCCCOC(=O)CCSCCCC(=N)NCCCN(CCCNC(=N)CCCSCCC(=O)OCCCCCCCCCCCC)CCCNC(=N)CCSCCC(=O)OCCCCCCCCCCCC. The number of nitrogens with zero attached hydrogens (tertiary/aromatic N) is 1. The van der Waals surface area contributed by atoms with E-state index in [4.69, 9.17) is 30.4 Å². The summed E-state index contributed by atoms with van der Waals surface area (Å²) in [6.45, 7) is 13.3. The molecule has 0 bridgehead atoms. The number of hydrogen-bond acceptors (Lipinski definition) is 13. The van der Waals surface area contributed by atoms with Crippen molar-refractivity contribution in [3.63, 3.8) is 0 Å². The minimum absolute atomic E-state index is 0.0938. The highest BCUT2D eigenvalue weighted by atomic mass is 32.2. The summed E-state index contributed by atoms with van der Waals surface area (Å²) in [6, 6.07) is 0. The molecule has 0 amide bonds. The van der Waals surface area contributed by atoms with Gasteiger partial charge in [-0.25, -0.2) is 0 Å². The van der Waals surface area contributed by atoms with Crippen molar-refractivity contribution in [1.82, 2.24) is 20.9 Å². The van der Waals surface area contributed by atoms with E-state index in [0.29, 0.717) is 75.9 Å². The van der Waals surface area contributed by atoms with E-state index in [1.807, 2.05) is 0 Å². The van der Waals surface area contributed by atoms with E-state index in [9.17, 15) is 14.4 Å². The van der Waals surface area contributed by atoms with Gasteiger partial charge in [0.05, 0.1) is 56.6 Å². The second kappa shape index (κ2) is 65.4. The maximum Gasteiger partial charge on any atom is 0.306 e. The fourth-order valence-electron chi connectivity index (χ4n) is 9.42. The molecule has 0 aromatic heterocycles. The molecule has 0 heterocycles. The number of hydrogen-bond donors (Lipinski definition) is 6. The van der Waals surface area contributed by atoms with Gasteiger partial charge in [-0.1, -0.05) is 194 Å². The molecule has 476 valence electrons. The number of esters is 3. The molecule has 16 heteroatoms. The lowest BCUT2D eigenvalue weighted by Gasteiger charge is -2.23. The van der Waals surface area contributed by atoms with E-state index >= 15 is 0 Å². The van der Waals surface area contributed by atoms with Gasteiger partial charge in [-0.2, -0.15) is 35.3 Å². The molecule has 0 aliphatic heterocycles. The van der Waals surface area contributed by atoms with Gasteiger partial charge in [-0.3, -0.25) is 30.6 Å². The normalized spacial score (nSPS) is 11.3. The van der Waals surface area contributed by atoms with Crippen molar-refractivity contribution in [1.29, 1.82) is 16.2 Å². The third kappa shape index (κ3) is 63.7. The molecule has 0 aromatic carbocycles. The van der Waals surface area contributed by atoms with Crippen LogP contribution in [0, 0.1) is 16.2 Å². The Hall–Kier alpha value is -2.17. The summed E-state index contributed by atoms with van der Waals surface area (Å²) in [7, 11) is 0. The molecule has 0 unspecified atom stereocenters. The third-order valence-electron chi connectivity index (χ3n) is 14.5. The topological polar surface area (TPSA) is 190 Å². The summed E-state index contributed by atoms with van der Waals surface area (Å²) in [5, 5.41) is 35.4. The van der Waals surface area contributed by atoms with E-state index in [1.54, 1.807) is 35.3 Å². The molecule has 0 fully saturated rings. The van der Waals surface area contributed by atoms with E-state index in [2.05, 4.69) is 41.6 Å². The van der Waals surface area contributed by atoms with Gasteiger partial charge in [-0.05, 0) is 82.5 Å². The standard InChI is InChI=1S/C65H127N7O6S3/c1-4-7-10-13-16-19-22-25-28-31-51-76-63(73)42-57-79-54-34-39-60(66)69-45-36-48-72(50-38-47-71-62(68)41-56-81-59-44-65(75)78-53-33-30-27-24-21-18-15-12-9-6-3)49-37-46-70-61(67)40-35-55-80-58-43-64(74)77-52-32-29-26-23-20-17-14-11-8-5-2/h4-59H2,1-3H3,(H2,66,69)(H2,67,70)(H2,68,71). The predicted octanol–water partition coefficient (Wildman–Crippen LogP) is 16.9. The van der Waals surface area contributed by atoms with Gasteiger partial charge >= 0.3 is 17.9 Å². The average Bonchev–Trinajstić information content (AvgIpc) is 3.45. The van der Waals surface area contributed by atoms with Gasteiger partial charge in [0.15, 0.2) is 0 Å². The highest BCUT2D eigenvalue weighted by Crippen LogP contribution is 2.15. The van der Waals surface area contributed by atoms with Gasteiger partial charge in [0.25, 0.3) is 0 Å². The maximum atomic E-state index is 12.2. The van der Waals surface area contributed by atoms with Crippen LogP contribution < -0.4 is 16.0 Å². The molecular weight excluding hydrogens is 1070 g/mol. The lowest BCUT2D eigenvalue weighted by atomic mass is 10.1. The first kappa shape index (κ1) is 78.8. The number of carbonyl (C=O) groups excluding carboxylic acids is 3. The maximum absolute atomic E-state index is 12.2. The monoisotopic (exact) mass is 1200 g/mol. The van der Waals surface area contributed by atoms with Crippen LogP contribution in [-0.2, 0) is 28.6 Å². The minimum atomic E-state index is -0.113. The molecule has 0 atom stereocenters. The van der Waals surface area contributed by atoms with E-state index in [1.165, 1.54) is 154 Å². The van der Waals surface area contributed by atoms with E-state index in [-0.39, 0.29) is 17.9 Å². The van der Waals surface area contributed by atoms with Crippen LogP contribution >= 0.6 is 35.3 Å². The van der Waals surface area contributed by atoms with Crippen LogP contribution in [0.3, 0.4) is 0 Å². The number of amidine groups is 3. The molecule has 0 aliphatic rings. The zero-order valence-corrected chi connectivity index (χ0v) is 55.2. The van der Waals surface area contributed by atoms with Crippen molar-refractivity contribution in [2.75, 3.05) is 93.6 Å². The molecule has 0 aromatic rings. The highest BCUT2D eigenvalue weighted by Gasteiger charge is 2.10. The zero-order valence-electron chi connectivity index (χ0n) is 52.7. The number of rotatable bonds is 65. The molecule has 0 aliphatic carbocycles. The Morgan fingerprint density at radius 1 is 0.309 bits per heavy atom. The Morgan fingerprint density at radius 2 is 0.556 bits per heavy atom. The van der Waals surface area contributed by atoms with Gasteiger partial charge in [-0.15, -0.1) is 0 Å². The first-order valence-corrected chi connectivity index (χ1v) is 37.0. The van der Waals surface area contributed by atoms with Crippen LogP contribution in [0.2, 0.25) is 0 Å². The predicted molar refractivity (Wildman–Crippen MR) is 355 cm³/mol. The van der Waals surface area contributed by atoms with Crippen LogP contribution in [0.15, 0.2) is 0 Å². The van der Waals surface area contributed by atoms with Crippen LogP contribution in [0.25, 0.3) is 0 Å². The quantitative estimate of drug-likeness (QED) is 0.0111. The first-order chi connectivity index (χ1) is 39.7. The van der Waals surface area contributed by atoms with E-state index < -0.39 is 0 Å². The van der Waals surface area contributed by atoms with Crippen LogP contribution in [0.5, 0.6) is 0 Å². The van der Waals surface area contributed by atoms with Crippen molar-refractivity contribution in [2.45, 2.75) is 284 Å². The molecular formula is C65H127N7O6S3. The van der Waals surface area contributed by atoms with Gasteiger partial charge in [0.1, 0.15) is 0 Å². The Morgan fingerprint density at radius 3 is 0.852 bits per heavy atom. The molecule has 0 radical (unpaired) electrons. The summed E-state index contributed by atoms with van der Waals surface area (Å²) in [5.74, 6) is 6.26. The molecule has 0 spiro atoms. The largest absolute Gasteiger partial charge is 0.466 e. The van der Waals surface area contributed by atoms with Gasteiger partial charge < -0.3 is 35.1 Å². The minimum Gasteiger partial charge on any atom is -0.466 e. The highest BCUT2D eigenvalue weighted by molar-refractivity contribution is 7.99. The average molecular weight is 1200 g/mol. The molecule has 0 saturated carbocycles. The van der Waals surface area contributed by atoms with Crippen LogP contribution in [-0.4, -0.2) is 134 Å². The number of ether oxygens (including phenoxy) is 3. The van der Waals surface area contributed by atoms with Crippen molar-refractivity contribution < 1.29 is 28.6 Å². The number of unbranched alkanes of at least 4 members (excludes halogenated alkanes) is 27. The Kier molecular flexibility index (Phi) is 63.6. The summed E-state index contributed by atoms with van der Waals surface area (Å²) in [5.41, 5.74) is 0.